The number of hydrogen-bond donors (Lipinski definition) is 2. The largest absolute Gasteiger partial charge is 1.00 e. The Bertz CT molecular complexity index is 230. The van der Waals surface area contributed by atoms with Gasteiger partial charge in [-0.15, -0.1) is 0 Å². The maximum atomic E-state index is 11.1. The minimum atomic E-state index is -1.62. The van der Waals surface area contributed by atoms with Gasteiger partial charge >= 0.3 is 41.5 Å². The summed E-state index contributed by atoms with van der Waals surface area (Å²) in [6, 6.07) is 0. The minimum Gasteiger partial charge on any atom is -1.00 e. The molecule has 0 saturated heterocycles. The Morgan fingerprint density at radius 1 is 1.19 bits per heavy atom. The van der Waals surface area contributed by atoms with E-state index in [2.05, 4.69) is 0 Å². The third-order valence-electron chi connectivity index (χ3n) is 2.92. The Balaban J connectivity index is -0.000000980. The van der Waals surface area contributed by atoms with Crippen LogP contribution in [0, 0.1) is 11.3 Å². The van der Waals surface area contributed by atoms with Gasteiger partial charge in [0.15, 0.2) is 5.41 Å². The van der Waals surface area contributed by atoms with E-state index in [0.29, 0.717) is 6.42 Å². The van der Waals surface area contributed by atoms with E-state index >= 15 is 0 Å². The molecule has 0 saturated carbocycles. The van der Waals surface area contributed by atoms with Gasteiger partial charge in [-0.25, -0.2) is 0 Å². The van der Waals surface area contributed by atoms with Crippen molar-refractivity contribution in [2.24, 2.45) is 11.3 Å². The first-order chi connectivity index (χ1) is 6.89. The van der Waals surface area contributed by atoms with Crippen LogP contribution < -0.4 is 29.6 Å². The molecule has 0 atom stereocenters. The van der Waals surface area contributed by atoms with Gasteiger partial charge in [-0.05, 0) is 12.3 Å². The van der Waals surface area contributed by atoms with Crippen molar-refractivity contribution in [2.45, 2.75) is 46.5 Å². The molecule has 0 unspecified atom stereocenters. The molecule has 0 aliphatic heterocycles. The number of aliphatic carboxylic acids is 2. The predicted octanol–water partition coefficient (Wildman–Crippen LogP) is -0.505. The normalized spacial score (nSPS) is 11.0. The zero-order chi connectivity index (χ0) is 12.1. The van der Waals surface area contributed by atoms with E-state index < -0.39 is 23.3 Å². The van der Waals surface area contributed by atoms with Crippen LogP contribution in [0.5, 0.6) is 0 Å². The van der Waals surface area contributed by atoms with Crippen molar-refractivity contribution in [2.75, 3.05) is 0 Å². The molecule has 90 valence electrons. The predicted molar refractivity (Wildman–Crippen MR) is 57.8 cm³/mol. The SMILES string of the molecule is CCCCCC(C(=O)O)(C(=O)O)C(C)C.[H-].[Na+]. The third kappa shape index (κ3) is 4.07. The van der Waals surface area contributed by atoms with Crippen LogP contribution in [0.25, 0.3) is 0 Å². The first-order valence-corrected chi connectivity index (χ1v) is 5.36. The Hall–Kier alpha value is -0.0600. The van der Waals surface area contributed by atoms with Gasteiger partial charge in [0.05, 0.1) is 0 Å². The monoisotopic (exact) mass is 240 g/mol. The number of carboxylic acid groups (broad SMARTS) is 2. The number of hydrogen-bond acceptors (Lipinski definition) is 2. The molecule has 0 aromatic carbocycles. The molecule has 0 spiro atoms. The average Bonchev–Trinajstić information content (AvgIpc) is 2.10. The Morgan fingerprint density at radius 3 is 1.88 bits per heavy atom. The van der Waals surface area contributed by atoms with E-state index in [-0.39, 0.29) is 37.4 Å². The quantitative estimate of drug-likeness (QED) is 0.357. The van der Waals surface area contributed by atoms with Gasteiger partial charge in [0.1, 0.15) is 0 Å². The van der Waals surface area contributed by atoms with Crippen molar-refractivity contribution < 1.29 is 50.8 Å². The van der Waals surface area contributed by atoms with Crippen molar-refractivity contribution in [3.63, 3.8) is 0 Å². The number of carboxylic acids is 2. The molecule has 4 nitrogen and oxygen atoms in total. The van der Waals surface area contributed by atoms with Crippen LogP contribution in [0.2, 0.25) is 0 Å². The Kier molecular flexibility index (Phi) is 9.26. The van der Waals surface area contributed by atoms with Crippen LogP contribution in [0.3, 0.4) is 0 Å². The summed E-state index contributed by atoms with van der Waals surface area (Å²) in [6.45, 7) is 5.29. The molecule has 16 heavy (non-hydrogen) atoms. The average molecular weight is 240 g/mol. The van der Waals surface area contributed by atoms with Crippen LogP contribution in [-0.4, -0.2) is 22.2 Å². The second-order valence-electron chi connectivity index (χ2n) is 4.19. The smallest absolute Gasteiger partial charge is 1.00 e. The number of rotatable bonds is 7. The molecule has 0 radical (unpaired) electrons. The molecule has 0 fully saturated rings. The fraction of sp³-hybridized carbons (Fsp3) is 0.818. The maximum Gasteiger partial charge on any atom is 1.00 e. The van der Waals surface area contributed by atoms with E-state index in [0.717, 1.165) is 12.8 Å². The van der Waals surface area contributed by atoms with E-state index in [4.69, 9.17) is 10.2 Å². The van der Waals surface area contributed by atoms with E-state index in [1.54, 1.807) is 13.8 Å². The Morgan fingerprint density at radius 2 is 1.62 bits per heavy atom. The summed E-state index contributed by atoms with van der Waals surface area (Å²) >= 11 is 0. The molecule has 0 heterocycles. The van der Waals surface area contributed by atoms with Crippen molar-refractivity contribution in [1.82, 2.24) is 0 Å². The summed E-state index contributed by atoms with van der Waals surface area (Å²) in [7, 11) is 0. The van der Waals surface area contributed by atoms with Crippen LogP contribution in [-0.2, 0) is 9.59 Å². The van der Waals surface area contributed by atoms with E-state index in [1.807, 2.05) is 6.92 Å². The standard InChI is InChI=1S/C11H20O4.Na.H/c1-4-5-6-7-11(8(2)3,9(12)13)10(14)15;;/h8H,4-7H2,1-3H3,(H,12,13)(H,14,15);;/q;+1;-1. The molecule has 0 bridgehead atoms. The molecule has 0 aromatic rings. The van der Waals surface area contributed by atoms with Gasteiger partial charge in [-0.1, -0.05) is 40.0 Å². The van der Waals surface area contributed by atoms with Crippen LogP contribution in [0.15, 0.2) is 0 Å². The van der Waals surface area contributed by atoms with Gasteiger partial charge in [-0.3, -0.25) is 9.59 Å². The summed E-state index contributed by atoms with van der Waals surface area (Å²) in [5.41, 5.74) is -1.62. The fourth-order valence-electron chi connectivity index (χ4n) is 1.74. The summed E-state index contributed by atoms with van der Waals surface area (Å²) in [4.78, 5) is 22.2. The second kappa shape index (κ2) is 8.09. The molecule has 0 aliphatic rings. The van der Waals surface area contributed by atoms with Crippen molar-refractivity contribution in [3.05, 3.63) is 0 Å². The molecular weight excluding hydrogens is 219 g/mol. The summed E-state index contributed by atoms with van der Waals surface area (Å²) in [5, 5.41) is 18.2. The van der Waals surface area contributed by atoms with Gasteiger partial charge in [0, 0.05) is 0 Å². The van der Waals surface area contributed by atoms with Crippen molar-refractivity contribution in [1.29, 1.82) is 0 Å². The van der Waals surface area contributed by atoms with Gasteiger partial charge in [0.25, 0.3) is 0 Å². The molecular formula is C11H21NaO4. The first-order valence-electron chi connectivity index (χ1n) is 5.36. The topological polar surface area (TPSA) is 74.6 Å². The summed E-state index contributed by atoms with van der Waals surface area (Å²) in [6.07, 6.45) is 2.68. The Labute approximate surface area is 120 Å². The van der Waals surface area contributed by atoms with Crippen molar-refractivity contribution in [3.8, 4) is 0 Å². The minimum absolute atomic E-state index is 0. The van der Waals surface area contributed by atoms with E-state index in [9.17, 15) is 9.59 Å². The first kappa shape index (κ1) is 18.3. The second-order valence-corrected chi connectivity index (χ2v) is 4.19. The van der Waals surface area contributed by atoms with Crippen LogP contribution in [0.4, 0.5) is 0 Å². The molecule has 2 N–H and O–H groups in total. The molecule has 0 amide bonds. The summed E-state index contributed by atoms with van der Waals surface area (Å²) < 4.78 is 0. The van der Waals surface area contributed by atoms with Crippen LogP contribution in [0.1, 0.15) is 47.9 Å². The third-order valence-corrected chi connectivity index (χ3v) is 2.92. The van der Waals surface area contributed by atoms with E-state index in [1.165, 1.54) is 0 Å². The van der Waals surface area contributed by atoms with Crippen LogP contribution >= 0.6 is 0 Å². The molecule has 0 aliphatic carbocycles. The molecule has 0 rings (SSSR count). The molecule has 0 aromatic heterocycles. The summed E-state index contributed by atoms with van der Waals surface area (Å²) in [5.74, 6) is -2.84. The van der Waals surface area contributed by atoms with Gasteiger partial charge < -0.3 is 11.6 Å². The number of carbonyl (C=O) groups is 2. The zero-order valence-corrected chi connectivity index (χ0v) is 12.6. The van der Waals surface area contributed by atoms with Gasteiger partial charge in [-0.2, -0.15) is 0 Å². The fourth-order valence-corrected chi connectivity index (χ4v) is 1.74. The molecule has 5 heteroatoms. The zero-order valence-electron chi connectivity index (χ0n) is 11.6. The van der Waals surface area contributed by atoms with Gasteiger partial charge in [0.2, 0.25) is 0 Å². The maximum absolute atomic E-state index is 11.1. The van der Waals surface area contributed by atoms with Crippen molar-refractivity contribution >= 4 is 11.9 Å². The number of unbranched alkanes of at least 4 members (excludes halogenated alkanes) is 2.